The summed E-state index contributed by atoms with van der Waals surface area (Å²) in [5, 5.41) is 0. The van der Waals surface area contributed by atoms with E-state index in [1.54, 1.807) is 0 Å². The van der Waals surface area contributed by atoms with E-state index in [2.05, 4.69) is 20.8 Å². The molecule has 2 aliphatic carbocycles. The van der Waals surface area contributed by atoms with Gasteiger partial charge in [0.05, 0.1) is 0 Å². The van der Waals surface area contributed by atoms with E-state index in [1.807, 2.05) is 0 Å². The largest absolute Gasteiger partial charge is 0.0656 e. The van der Waals surface area contributed by atoms with E-state index in [-0.39, 0.29) is 0 Å². The number of hydrogen-bond donors (Lipinski definition) is 0. The van der Waals surface area contributed by atoms with E-state index >= 15 is 0 Å². The van der Waals surface area contributed by atoms with Crippen LogP contribution in [0.3, 0.4) is 0 Å². The molecule has 86 valence electrons. The van der Waals surface area contributed by atoms with Crippen molar-refractivity contribution in [2.45, 2.75) is 85.0 Å². The SMILES string of the molecule is CC1CCCC1.CCC.[2H]C1CCCC1. The number of rotatable bonds is 0. The van der Waals surface area contributed by atoms with Gasteiger partial charge in [-0.1, -0.05) is 85.0 Å². The highest BCUT2D eigenvalue weighted by Crippen LogP contribution is 2.22. The molecule has 2 saturated carbocycles. The van der Waals surface area contributed by atoms with Crippen LogP contribution >= 0.6 is 0 Å². The van der Waals surface area contributed by atoms with E-state index in [0.29, 0.717) is 6.40 Å². The van der Waals surface area contributed by atoms with Crippen molar-refractivity contribution >= 4 is 0 Å². The van der Waals surface area contributed by atoms with Crippen LogP contribution in [0.15, 0.2) is 0 Å². The van der Waals surface area contributed by atoms with Crippen LogP contribution < -0.4 is 0 Å². The Kier molecular flexibility index (Phi) is 9.55. The summed E-state index contributed by atoms with van der Waals surface area (Å²) in [6.07, 6.45) is 12.4. The highest BCUT2D eigenvalue weighted by molar-refractivity contribution is 4.60. The van der Waals surface area contributed by atoms with Gasteiger partial charge in [-0.25, -0.2) is 0 Å². The molecule has 2 fully saturated rings. The van der Waals surface area contributed by atoms with Gasteiger partial charge in [-0.05, 0) is 5.92 Å². The molecule has 0 atom stereocenters. The summed E-state index contributed by atoms with van der Waals surface area (Å²) in [4.78, 5) is 0. The van der Waals surface area contributed by atoms with Gasteiger partial charge in [-0.3, -0.25) is 0 Å². The first-order valence-electron chi connectivity index (χ1n) is 7.20. The van der Waals surface area contributed by atoms with Crippen molar-refractivity contribution < 1.29 is 1.37 Å². The fourth-order valence-corrected chi connectivity index (χ4v) is 1.85. The third-order valence-corrected chi connectivity index (χ3v) is 2.71. The van der Waals surface area contributed by atoms with E-state index in [1.165, 1.54) is 44.9 Å². The Morgan fingerprint density at radius 2 is 1.36 bits per heavy atom. The molecule has 0 aliphatic heterocycles. The maximum atomic E-state index is 7.13. The lowest BCUT2D eigenvalue weighted by atomic mass is 10.2. The summed E-state index contributed by atoms with van der Waals surface area (Å²) >= 11 is 0. The molecule has 0 heterocycles. The summed E-state index contributed by atoms with van der Waals surface area (Å²) in [7, 11) is 0. The van der Waals surface area contributed by atoms with Gasteiger partial charge in [0.2, 0.25) is 0 Å². The molecule has 0 radical (unpaired) electrons. The van der Waals surface area contributed by atoms with Crippen LogP contribution in [0, 0.1) is 5.92 Å². The normalized spacial score (nSPS) is 23.2. The van der Waals surface area contributed by atoms with Crippen molar-refractivity contribution in [3.8, 4) is 0 Å². The summed E-state index contributed by atoms with van der Waals surface area (Å²) in [5.74, 6) is 1.05. The molecule has 0 amide bonds. The van der Waals surface area contributed by atoms with Crippen LogP contribution in [0.1, 0.15) is 86.3 Å². The second kappa shape index (κ2) is 11.1. The average molecular weight is 199 g/mol. The minimum Gasteiger partial charge on any atom is -0.0656 e. The zero-order chi connectivity index (χ0) is 11.5. The van der Waals surface area contributed by atoms with Gasteiger partial charge in [0, 0.05) is 1.37 Å². The lowest BCUT2D eigenvalue weighted by molar-refractivity contribution is 0.612. The van der Waals surface area contributed by atoms with Crippen LogP contribution in [-0.2, 0) is 0 Å². The minimum absolute atomic E-state index is 0.296. The van der Waals surface area contributed by atoms with Gasteiger partial charge in [0.15, 0.2) is 0 Å². The van der Waals surface area contributed by atoms with Crippen LogP contribution in [0.25, 0.3) is 0 Å². The molecule has 0 aromatic rings. The highest BCUT2D eigenvalue weighted by atomic mass is 14.1. The number of hydrogen-bond acceptors (Lipinski definition) is 0. The molecule has 0 unspecified atom stereocenters. The van der Waals surface area contributed by atoms with Crippen molar-refractivity contribution in [2.24, 2.45) is 5.92 Å². The van der Waals surface area contributed by atoms with Crippen molar-refractivity contribution in [2.75, 3.05) is 0 Å². The highest BCUT2D eigenvalue weighted by Gasteiger charge is 2.07. The topological polar surface area (TPSA) is 0 Å². The fourth-order valence-electron chi connectivity index (χ4n) is 1.85. The molecule has 0 heteroatoms. The molecule has 0 nitrogen and oxygen atoms in total. The van der Waals surface area contributed by atoms with Crippen molar-refractivity contribution in [3.05, 3.63) is 0 Å². The predicted octanol–water partition coefficient (Wildman–Crippen LogP) is 5.56. The third-order valence-electron chi connectivity index (χ3n) is 2.71. The van der Waals surface area contributed by atoms with Crippen molar-refractivity contribution in [1.29, 1.82) is 0 Å². The molecular formula is C14H30. The average Bonchev–Trinajstić information content (AvgIpc) is 2.81. The maximum absolute atomic E-state index is 7.13. The standard InChI is InChI=1S/C6H12.C5H10.C3H8/c1-6-4-2-3-5-6;1-2-4-5-3-1;1-3-2/h6H,2-5H2,1H3;1-5H2;3H2,1-2H3/i;1D;. The second-order valence-corrected chi connectivity index (χ2v) is 4.67. The second-order valence-electron chi connectivity index (χ2n) is 4.67. The molecule has 2 aliphatic rings. The lowest BCUT2D eigenvalue weighted by Gasteiger charge is -1.91. The quantitative estimate of drug-likeness (QED) is 0.479. The van der Waals surface area contributed by atoms with Gasteiger partial charge in [0.25, 0.3) is 0 Å². The first kappa shape index (κ1) is 12.1. The molecule has 0 aromatic carbocycles. The van der Waals surface area contributed by atoms with E-state index < -0.39 is 0 Å². The zero-order valence-electron chi connectivity index (χ0n) is 11.5. The van der Waals surface area contributed by atoms with Gasteiger partial charge >= 0.3 is 0 Å². The smallest absolute Gasteiger partial charge is 0.0267 e. The lowest BCUT2D eigenvalue weighted by Crippen LogP contribution is -1.78. The first-order chi connectivity index (χ1) is 7.20. The zero-order valence-corrected chi connectivity index (χ0v) is 10.5. The predicted molar refractivity (Wildman–Crippen MR) is 66.7 cm³/mol. The Morgan fingerprint density at radius 3 is 1.50 bits per heavy atom. The van der Waals surface area contributed by atoms with Crippen molar-refractivity contribution in [3.63, 3.8) is 0 Å². The molecule has 0 bridgehead atoms. The van der Waals surface area contributed by atoms with Gasteiger partial charge in [-0.15, -0.1) is 0 Å². The molecular weight excluding hydrogens is 168 g/mol. The maximum Gasteiger partial charge on any atom is 0.0267 e. The third kappa shape index (κ3) is 10.1. The Hall–Kier alpha value is 0. The van der Waals surface area contributed by atoms with Crippen LogP contribution in [0.5, 0.6) is 0 Å². The van der Waals surface area contributed by atoms with Crippen LogP contribution in [0.4, 0.5) is 0 Å². The summed E-state index contributed by atoms with van der Waals surface area (Å²) in [6.45, 7) is 6.59. The Morgan fingerprint density at radius 1 is 0.929 bits per heavy atom. The van der Waals surface area contributed by atoms with E-state index in [0.717, 1.165) is 18.8 Å². The Bertz CT molecular complexity index is 96.5. The summed E-state index contributed by atoms with van der Waals surface area (Å²) in [6, 6.07) is 0. The van der Waals surface area contributed by atoms with E-state index in [4.69, 9.17) is 1.37 Å². The van der Waals surface area contributed by atoms with Crippen molar-refractivity contribution in [1.82, 2.24) is 0 Å². The molecule has 0 saturated heterocycles. The van der Waals surface area contributed by atoms with Crippen LogP contribution in [-0.4, -0.2) is 0 Å². The summed E-state index contributed by atoms with van der Waals surface area (Å²) < 4.78 is 7.13. The molecule has 0 aromatic heterocycles. The van der Waals surface area contributed by atoms with Crippen LogP contribution in [0.2, 0.25) is 0 Å². The monoisotopic (exact) mass is 199 g/mol. The first-order valence-corrected chi connectivity index (χ1v) is 6.62. The van der Waals surface area contributed by atoms with Gasteiger partial charge in [-0.2, -0.15) is 0 Å². The molecule has 0 N–H and O–H groups in total. The minimum atomic E-state index is 0.296. The van der Waals surface area contributed by atoms with Gasteiger partial charge < -0.3 is 0 Å². The fraction of sp³-hybridized carbons (Fsp3) is 1.00. The Labute approximate surface area is 92.9 Å². The molecule has 0 spiro atoms. The summed E-state index contributed by atoms with van der Waals surface area (Å²) in [5.41, 5.74) is 0. The van der Waals surface area contributed by atoms with Gasteiger partial charge in [0.1, 0.15) is 0 Å². The van der Waals surface area contributed by atoms with E-state index in [9.17, 15) is 0 Å². The molecule has 2 rings (SSSR count). The Balaban J connectivity index is 0.000000210. The molecule has 14 heavy (non-hydrogen) atoms.